The Bertz CT molecular complexity index is 1180. The van der Waals surface area contributed by atoms with Gasteiger partial charge >= 0.3 is 0 Å². The highest BCUT2D eigenvalue weighted by molar-refractivity contribution is 7.79. The third-order valence-electron chi connectivity index (χ3n) is 5.40. The topological polar surface area (TPSA) is 47.0 Å². The number of carbonyl (C=O) groups is 1. The Kier molecular flexibility index (Phi) is 6.89. The van der Waals surface area contributed by atoms with Crippen LogP contribution in [-0.4, -0.2) is 16.4 Å². The Morgan fingerprint density at radius 2 is 1.28 bits per heavy atom. The molecule has 1 aromatic heterocycles. The first-order valence-electron chi connectivity index (χ1n) is 10.6. The molecule has 1 heterocycles. The Morgan fingerprint density at radius 3 is 1.81 bits per heavy atom. The first-order chi connectivity index (χ1) is 15.7. The van der Waals surface area contributed by atoms with Crippen LogP contribution >= 0.6 is 7.14 Å². The lowest BCUT2D eigenvalue weighted by atomic mass is 10.1. The summed E-state index contributed by atoms with van der Waals surface area (Å²) in [7, 11) is -3.18. The van der Waals surface area contributed by atoms with Gasteiger partial charge in [-0.25, -0.2) is 0 Å². The van der Waals surface area contributed by atoms with E-state index in [2.05, 4.69) is 4.98 Å². The molecule has 4 heteroatoms. The molecule has 0 saturated heterocycles. The van der Waals surface area contributed by atoms with Crippen LogP contribution in [0.25, 0.3) is 6.08 Å². The third-order valence-corrected chi connectivity index (χ3v) is 8.82. The fourth-order valence-corrected chi connectivity index (χ4v) is 6.80. The van der Waals surface area contributed by atoms with Gasteiger partial charge in [0.2, 0.25) is 0 Å². The number of Topliss-reactive ketones (excluding diaryl/α,β-unsaturated/α-hetero) is 1. The van der Waals surface area contributed by atoms with Gasteiger partial charge in [0.1, 0.15) is 12.8 Å². The Hall–Kier alpha value is -3.55. The maximum atomic E-state index is 14.9. The van der Waals surface area contributed by atoms with Gasteiger partial charge in [0, 0.05) is 28.9 Å². The monoisotopic (exact) mass is 437 g/mol. The molecule has 0 spiro atoms. The molecule has 0 bridgehead atoms. The molecule has 4 rings (SSSR count). The molecule has 0 N–H and O–H groups in total. The zero-order valence-electron chi connectivity index (χ0n) is 17.6. The van der Waals surface area contributed by atoms with Crippen LogP contribution in [0.15, 0.2) is 121 Å². The van der Waals surface area contributed by atoms with Crippen molar-refractivity contribution in [3.63, 3.8) is 0 Å². The van der Waals surface area contributed by atoms with Crippen LogP contribution < -0.4 is 10.6 Å². The van der Waals surface area contributed by atoms with Gasteiger partial charge in [-0.2, -0.15) is 0 Å². The molecule has 3 aromatic carbocycles. The molecule has 0 fully saturated rings. The minimum absolute atomic E-state index is 0.0986. The summed E-state index contributed by atoms with van der Waals surface area (Å²) in [5, 5.41) is 1.48. The fraction of sp³-hybridized carbons (Fsp3) is 0.0714. The van der Waals surface area contributed by atoms with E-state index >= 15 is 0 Å². The largest absolute Gasteiger partial charge is 0.313 e. The highest BCUT2D eigenvalue weighted by atomic mass is 31.2. The predicted octanol–water partition coefficient (Wildman–Crippen LogP) is 5.75. The third kappa shape index (κ3) is 4.85. The lowest BCUT2D eigenvalue weighted by molar-refractivity contribution is 0.0979. The van der Waals surface area contributed by atoms with Gasteiger partial charge in [0.05, 0.1) is 0 Å². The van der Waals surface area contributed by atoms with E-state index in [1.54, 1.807) is 24.4 Å². The smallest absolute Gasteiger partial charge is 0.182 e. The van der Waals surface area contributed by atoms with Crippen LogP contribution in [0.2, 0.25) is 0 Å². The van der Waals surface area contributed by atoms with E-state index < -0.39 is 12.8 Å². The summed E-state index contributed by atoms with van der Waals surface area (Å²) >= 11 is 0. The summed E-state index contributed by atoms with van der Waals surface area (Å²) in [6.07, 6.45) is 5.59. The number of rotatable bonds is 8. The van der Waals surface area contributed by atoms with Gasteiger partial charge in [-0.15, -0.1) is 0 Å². The molecule has 0 aliphatic rings. The van der Waals surface area contributed by atoms with Gasteiger partial charge in [0.15, 0.2) is 5.78 Å². The second-order valence-corrected chi connectivity index (χ2v) is 10.5. The number of hydrogen-bond donors (Lipinski definition) is 0. The van der Waals surface area contributed by atoms with E-state index in [1.165, 1.54) is 0 Å². The van der Waals surface area contributed by atoms with Gasteiger partial charge < -0.3 is 4.57 Å². The van der Waals surface area contributed by atoms with Crippen LogP contribution in [-0.2, 0) is 4.57 Å². The van der Waals surface area contributed by atoms with Crippen LogP contribution in [0.3, 0.4) is 0 Å². The maximum absolute atomic E-state index is 14.9. The summed E-state index contributed by atoms with van der Waals surface area (Å²) in [6, 6.07) is 34.1. The lowest BCUT2D eigenvalue weighted by Gasteiger charge is -2.26. The molecule has 32 heavy (non-hydrogen) atoms. The SMILES string of the molecule is O=C(CC(/C=C/c1ccccc1)P(=O)(c1ccccc1)c1ccccc1)c1ccccn1. The van der Waals surface area contributed by atoms with Crippen molar-refractivity contribution in [3.05, 3.63) is 133 Å². The molecule has 1 unspecified atom stereocenters. The normalized spacial score (nSPS) is 12.5. The Morgan fingerprint density at radius 1 is 0.750 bits per heavy atom. The molecule has 0 aliphatic heterocycles. The summed E-state index contributed by atoms with van der Waals surface area (Å²) in [4.78, 5) is 17.4. The molecule has 1 atom stereocenters. The minimum Gasteiger partial charge on any atom is -0.313 e. The quantitative estimate of drug-likeness (QED) is 0.260. The van der Waals surface area contributed by atoms with Crippen LogP contribution in [0.5, 0.6) is 0 Å². The number of aromatic nitrogens is 1. The van der Waals surface area contributed by atoms with Crippen LogP contribution in [0, 0.1) is 0 Å². The number of ketones is 1. The van der Waals surface area contributed by atoms with Crippen molar-refractivity contribution in [1.82, 2.24) is 4.98 Å². The minimum atomic E-state index is -3.18. The van der Waals surface area contributed by atoms with Crippen molar-refractivity contribution in [2.45, 2.75) is 12.1 Å². The van der Waals surface area contributed by atoms with E-state index in [0.29, 0.717) is 5.69 Å². The van der Waals surface area contributed by atoms with Gasteiger partial charge in [-0.3, -0.25) is 9.78 Å². The second-order valence-electron chi connectivity index (χ2n) is 7.51. The van der Waals surface area contributed by atoms with Crippen LogP contribution in [0.1, 0.15) is 22.5 Å². The van der Waals surface area contributed by atoms with Gasteiger partial charge in [0.25, 0.3) is 0 Å². The highest BCUT2D eigenvalue weighted by Gasteiger charge is 2.36. The number of nitrogens with zero attached hydrogens (tertiary/aromatic N) is 1. The number of carbonyl (C=O) groups excluding carboxylic acids is 1. The number of allylic oxidation sites excluding steroid dienone is 1. The molecule has 3 nitrogen and oxygen atoms in total. The molecule has 0 radical (unpaired) electrons. The zero-order chi connectivity index (χ0) is 22.2. The lowest BCUT2D eigenvalue weighted by Crippen LogP contribution is -2.27. The van der Waals surface area contributed by atoms with E-state index in [0.717, 1.165) is 16.2 Å². The fourth-order valence-electron chi connectivity index (χ4n) is 3.76. The predicted molar refractivity (Wildman–Crippen MR) is 132 cm³/mol. The Balaban J connectivity index is 1.82. The summed E-state index contributed by atoms with van der Waals surface area (Å²) in [5.41, 5.74) is 0.871. The Labute approximate surface area is 188 Å². The van der Waals surface area contributed by atoms with Gasteiger partial charge in [-0.05, 0) is 17.7 Å². The molecule has 0 amide bonds. The van der Waals surface area contributed by atoms with Crippen molar-refractivity contribution >= 4 is 29.6 Å². The molecule has 158 valence electrons. The average Bonchev–Trinajstić information content (AvgIpc) is 2.88. The molecule has 0 aliphatic carbocycles. The van der Waals surface area contributed by atoms with Crippen molar-refractivity contribution in [2.24, 2.45) is 0 Å². The molecule has 4 aromatic rings. The van der Waals surface area contributed by atoms with Crippen molar-refractivity contribution < 1.29 is 9.36 Å². The molecule has 0 saturated carbocycles. The van der Waals surface area contributed by atoms with Crippen LogP contribution in [0.4, 0.5) is 0 Å². The van der Waals surface area contributed by atoms with E-state index in [1.807, 2.05) is 103 Å². The van der Waals surface area contributed by atoms with E-state index in [9.17, 15) is 9.36 Å². The van der Waals surface area contributed by atoms with Crippen molar-refractivity contribution in [2.75, 3.05) is 0 Å². The van der Waals surface area contributed by atoms with E-state index in [-0.39, 0.29) is 12.2 Å². The first-order valence-corrected chi connectivity index (χ1v) is 12.3. The zero-order valence-corrected chi connectivity index (χ0v) is 18.5. The van der Waals surface area contributed by atoms with Gasteiger partial charge in [-0.1, -0.05) is 109 Å². The first kappa shape index (κ1) is 21.7. The molecular formula is C28H24NO2P. The summed E-state index contributed by atoms with van der Waals surface area (Å²) in [5.74, 6) is -0.125. The second kappa shape index (κ2) is 10.2. The average molecular weight is 437 g/mol. The van der Waals surface area contributed by atoms with Crippen molar-refractivity contribution in [3.8, 4) is 0 Å². The maximum Gasteiger partial charge on any atom is 0.182 e. The highest BCUT2D eigenvalue weighted by Crippen LogP contribution is 2.51. The molecular weight excluding hydrogens is 413 g/mol. The van der Waals surface area contributed by atoms with E-state index in [4.69, 9.17) is 0 Å². The summed E-state index contributed by atoms with van der Waals surface area (Å²) < 4.78 is 14.9. The number of hydrogen-bond acceptors (Lipinski definition) is 3. The summed E-state index contributed by atoms with van der Waals surface area (Å²) in [6.45, 7) is 0. The number of benzene rings is 3. The van der Waals surface area contributed by atoms with Crippen molar-refractivity contribution in [1.29, 1.82) is 0 Å². The standard InChI is InChI=1S/C28H24NO2P/c30-28(27-18-10-11-21-29-27)22-26(20-19-23-12-4-1-5-13-23)32(31,24-14-6-2-7-15-24)25-16-8-3-9-17-25/h1-21,26H,22H2/b20-19+. The number of pyridine rings is 1.